The van der Waals surface area contributed by atoms with Gasteiger partial charge in [-0.25, -0.2) is 0 Å². The predicted octanol–water partition coefficient (Wildman–Crippen LogP) is 3.25. The number of anilines is 1. The molecule has 1 saturated carbocycles. The molecule has 1 heterocycles. The lowest BCUT2D eigenvalue weighted by atomic mass is 10.1. The third-order valence-corrected chi connectivity index (χ3v) is 3.98. The SMILES string of the molecule is CCN(CC)c1ccc2[nH]c(C3CC3)cc(=O)c2c1. The molecule has 0 atom stereocenters. The second-order valence-electron chi connectivity index (χ2n) is 5.27. The van der Waals surface area contributed by atoms with E-state index in [1.54, 1.807) is 6.07 Å². The summed E-state index contributed by atoms with van der Waals surface area (Å²) >= 11 is 0. The van der Waals surface area contributed by atoms with Gasteiger partial charge in [-0.3, -0.25) is 4.79 Å². The first-order valence-corrected chi connectivity index (χ1v) is 7.14. The first-order chi connectivity index (χ1) is 9.22. The van der Waals surface area contributed by atoms with E-state index in [0.29, 0.717) is 5.92 Å². The van der Waals surface area contributed by atoms with Crippen LogP contribution in [0.25, 0.3) is 10.9 Å². The molecule has 3 heteroatoms. The summed E-state index contributed by atoms with van der Waals surface area (Å²) in [6, 6.07) is 7.93. The summed E-state index contributed by atoms with van der Waals surface area (Å²) in [5.41, 5.74) is 3.34. The van der Waals surface area contributed by atoms with E-state index >= 15 is 0 Å². The van der Waals surface area contributed by atoms with Crippen molar-refractivity contribution in [2.45, 2.75) is 32.6 Å². The molecular formula is C16H20N2O. The molecule has 3 rings (SSSR count). The molecule has 0 spiro atoms. The topological polar surface area (TPSA) is 36.1 Å². The maximum atomic E-state index is 12.2. The Kier molecular flexibility index (Phi) is 3.05. The lowest BCUT2D eigenvalue weighted by Crippen LogP contribution is -2.22. The Morgan fingerprint density at radius 2 is 1.95 bits per heavy atom. The standard InChI is InChI=1S/C16H20N2O/c1-3-18(4-2)12-7-8-14-13(9-12)16(19)10-15(17-14)11-5-6-11/h7-11H,3-6H2,1-2H3,(H,17,19). The van der Waals surface area contributed by atoms with E-state index in [0.717, 1.165) is 35.4 Å². The van der Waals surface area contributed by atoms with E-state index < -0.39 is 0 Å². The highest BCUT2D eigenvalue weighted by molar-refractivity contribution is 5.82. The Morgan fingerprint density at radius 1 is 1.21 bits per heavy atom. The summed E-state index contributed by atoms with van der Waals surface area (Å²) in [7, 11) is 0. The Bertz CT molecular complexity index is 651. The zero-order chi connectivity index (χ0) is 13.4. The fraction of sp³-hybridized carbons (Fsp3) is 0.438. The monoisotopic (exact) mass is 256 g/mol. The first-order valence-electron chi connectivity index (χ1n) is 7.14. The molecule has 1 N–H and O–H groups in total. The fourth-order valence-electron chi connectivity index (χ4n) is 2.66. The van der Waals surface area contributed by atoms with Gasteiger partial charge in [-0.1, -0.05) is 0 Å². The number of pyridine rings is 1. The molecule has 2 aromatic rings. The zero-order valence-electron chi connectivity index (χ0n) is 11.6. The number of fused-ring (bicyclic) bond motifs is 1. The van der Waals surface area contributed by atoms with Crippen LogP contribution in [0.4, 0.5) is 5.69 Å². The smallest absolute Gasteiger partial charge is 0.189 e. The van der Waals surface area contributed by atoms with Crippen molar-refractivity contribution < 1.29 is 0 Å². The molecule has 0 amide bonds. The largest absolute Gasteiger partial charge is 0.372 e. The van der Waals surface area contributed by atoms with Gasteiger partial charge in [0.25, 0.3) is 0 Å². The van der Waals surface area contributed by atoms with Crippen molar-refractivity contribution in [3.05, 3.63) is 40.2 Å². The Labute approximate surface area is 113 Å². The maximum Gasteiger partial charge on any atom is 0.189 e. The molecule has 1 aliphatic carbocycles. The van der Waals surface area contributed by atoms with E-state index in [9.17, 15) is 4.79 Å². The lowest BCUT2D eigenvalue weighted by molar-refractivity contribution is 0.867. The van der Waals surface area contributed by atoms with Crippen LogP contribution in [0, 0.1) is 0 Å². The van der Waals surface area contributed by atoms with Crippen LogP contribution in [0.15, 0.2) is 29.1 Å². The van der Waals surface area contributed by atoms with Crippen molar-refractivity contribution in [2.75, 3.05) is 18.0 Å². The zero-order valence-corrected chi connectivity index (χ0v) is 11.6. The van der Waals surface area contributed by atoms with E-state index in [-0.39, 0.29) is 5.43 Å². The summed E-state index contributed by atoms with van der Waals surface area (Å²) in [6.45, 7) is 6.18. The number of rotatable bonds is 4. The number of aromatic amines is 1. The molecular weight excluding hydrogens is 236 g/mol. The summed E-state index contributed by atoms with van der Waals surface area (Å²) in [4.78, 5) is 17.9. The predicted molar refractivity (Wildman–Crippen MR) is 80.1 cm³/mol. The average Bonchev–Trinajstić information content (AvgIpc) is 3.25. The Balaban J connectivity index is 2.10. The van der Waals surface area contributed by atoms with Crippen molar-refractivity contribution in [3.63, 3.8) is 0 Å². The van der Waals surface area contributed by atoms with Crippen LogP contribution < -0.4 is 10.3 Å². The summed E-state index contributed by atoms with van der Waals surface area (Å²) in [5, 5.41) is 0.800. The van der Waals surface area contributed by atoms with Crippen LogP contribution in [0.3, 0.4) is 0 Å². The molecule has 0 saturated heterocycles. The molecule has 100 valence electrons. The van der Waals surface area contributed by atoms with Gasteiger partial charge in [-0.15, -0.1) is 0 Å². The second kappa shape index (κ2) is 4.72. The Hall–Kier alpha value is -1.77. The highest BCUT2D eigenvalue weighted by atomic mass is 16.1. The number of nitrogens with zero attached hydrogens (tertiary/aromatic N) is 1. The fourth-order valence-corrected chi connectivity index (χ4v) is 2.66. The van der Waals surface area contributed by atoms with Crippen LogP contribution >= 0.6 is 0 Å². The average molecular weight is 256 g/mol. The molecule has 1 aromatic heterocycles. The molecule has 3 nitrogen and oxygen atoms in total. The molecule has 0 unspecified atom stereocenters. The molecule has 0 aliphatic heterocycles. The van der Waals surface area contributed by atoms with Gasteiger partial charge in [-0.2, -0.15) is 0 Å². The summed E-state index contributed by atoms with van der Waals surface area (Å²) < 4.78 is 0. The molecule has 19 heavy (non-hydrogen) atoms. The number of nitrogens with one attached hydrogen (secondary N) is 1. The van der Waals surface area contributed by atoms with Crippen LogP contribution in [0.2, 0.25) is 0 Å². The second-order valence-corrected chi connectivity index (χ2v) is 5.27. The van der Waals surface area contributed by atoms with E-state index in [4.69, 9.17) is 0 Å². The summed E-state index contributed by atoms with van der Waals surface area (Å²) in [6.07, 6.45) is 2.41. The quantitative estimate of drug-likeness (QED) is 0.911. The third kappa shape index (κ3) is 2.25. The summed E-state index contributed by atoms with van der Waals surface area (Å²) in [5.74, 6) is 0.583. The van der Waals surface area contributed by atoms with Gasteiger partial charge < -0.3 is 9.88 Å². The van der Waals surface area contributed by atoms with Crippen molar-refractivity contribution in [2.24, 2.45) is 0 Å². The van der Waals surface area contributed by atoms with Gasteiger partial charge >= 0.3 is 0 Å². The minimum Gasteiger partial charge on any atom is -0.372 e. The van der Waals surface area contributed by atoms with Crippen LogP contribution in [-0.4, -0.2) is 18.1 Å². The number of aromatic nitrogens is 1. The van der Waals surface area contributed by atoms with Gasteiger partial charge in [0.15, 0.2) is 5.43 Å². The van der Waals surface area contributed by atoms with Gasteiger partial charge in [0.2, 0.25) is 0 Å². The number of benzene rings is 1. The highest BCUT2D eigenvalue weighted by Crippen LogP contribution is 2.38. The van der Waals surface area contributed by atoms with Crippen LogP contribution in [0.5, 0.6) is 0 Å². The third-order valence-electron chi connectivity index (χ3n) is 3.98. The van der Waals surface area contributed by atoms with Gasteiger partial charge in [0.05, 0.1) is 0 Å². The van der Waals surface area contributed by atoms with E-state index in [1.807, 2.05) is 12.1 Å². The Morgan fingerprint density at radius 3 is 2.58 bits per heavy atom. The van der Waals surface area contributed by atoms with E-state index in [1.165, 1.54) is 12.8 Å². The van der Waals surface area contributed by atoms with Crippen molar-refractivity contribution >= 4 is 16.6 Å². The van der Waals surface area contributed by atoms with Crippen molar-refractivity contribution in [1.82, 2.24) is 4.98 Å². The normalized spacial score (nSPS) is 14.8. The molecule has 0 bridgehead atoms. The molecule has 1 aromatic carbocycles. The van der Waals surface area contributed by atoms with Crippen LogP contribution in [0.1, 0.15) is 38.3 Å². The number of hydrogen-bond donors (Lipinski definition) is 1. The molecule has 1 aliphatic rings. The minimum absolute atomic E-state index is 0.143. The number of hydrogen-bond acceptors (Lipinski definition) is 2. The minimum atomic E-state index is 0.143. The molecule has 1 fully saturated rings. The van der Waals surface area contributed by atoms with Crippen molar-refractivity contribution in [3.8, 4) is 0 Å². The van der Waals surface area contributed by atoms with Crippen LogP contribution in [-0.2, 0) is 0 Å². The van der Waals surface area contributed by atoms with Gasteiger partial charge in [0, 0.05) is 41.4 Å². The molecule has 0 radical (unpaired) electrons. The number of H-pyrrole nitrogens is 1. The van der Waals surface area contributed by atoms with Gasteiger partial charge in [-0.05, 0) is 50.8 Å². The highest BCUT2D eigenvalue weighted by Gasteiger charge is 2.25. The van der Waals surface area contributed by atoms with Gasteiger partial charge in [0.1, 0.15) is 0 Å². The maximum absolute atomic E-state index is 12.2. The lowest BCUT2D eigenvalue weighted by Gasteiger charge is -2.21. The first kappa shape index (κ1) is 12.3. The van der Waals surface area contributed by atoms with E-state index in [2.05, 4.69) is 29.8 Å². The van der Waals surface area contributed by atoms with Crippen molar-refractivity contribution in [1.29, 1.82) is 0 Å².